The zero-order valence-electron chi connectivity index (χ0n) is 11.7. The molecule has 3 heteroatoms. The van der Waals surface area contributed by atoms with Gasteiger partial charge in [0.05, 0.1) is 6.10 Å². The van der Waals surface area contributed by atoms with Gasteiger partial charge in [0.25, 0.3) is 0 Å². The summed E-state index contributed by atoms with van der Waals surface area (Å²) in [6.45, 7) is 4.39. The van der Waals surface area contributed by atoms with Crippen LogP contribution in [-0.4, -0.2) is 36.6 Å². The number of carbonyl (C=O) groups is 1. The van der Waals surface area contributed by atoms with Gasteiger partial charge in [0.1, 0.15) is 0 Å². The van der Waals surface area contributed by atoms with Crippen molar-refractivity contribution in [1.29, 1.82) is 0 Å². The van der Waals surface area contributed by atoms with E-state index in [2.05, 4.69) is 12.1 Å². The molecule has 1 aromatic carbocycles. The molecule has 0 spiro atoms. The lowest BCUT2D eigenvalue weighted by Crippen LogP contribution is -2.43. The van der Waals surface area contributed by atoms with Gasteiger partial charge in [0.15, 0.2) is 0 Å². The lowest BCUT2D eigenvalue weighted by atomic mass is 10.1. The van der Waals surface area contributed by atoms with Crippen LogP contribution in [0.2, 0.25) is 0 Å². The third kappa shape index (κ3) is 4.35. The average Bonchev–Trinajstić information content (AvgIpc) is 2.46. The number of nitrogens with zero attached hydrogens (tertiary/aromatic N) is 1. The quantitative estimate of drug-likeness (QED) is 0.815. The Balaban J connectivity index is 1.79. The second-order valence-corrected chi connectivity index (χ2v) is 5.04. The number of hydrogen-bond donors (Lipinski definition) is 0. The van der Waals surface area contributed by atoms with Gasteiger partial charge >= 0.3 is 0 Å². The van der Waals surface area contributed by atoms with Crippen molar-refractivity contribution in [3.63, 3.8) is 0 Å². The van der Waals surface area contributed by atoms with Gasteiger partial charge in [-0.3, -0.25) is 4.79 Å². The largest absolute Gasteiger partial charge is 0.377 e. The molecule has 0 aliphatic carbocycles. The topological polar surface area (TPSA) is 29.5 Å². The van der Waals surface area contributed by atoms with Crippen molar-refractivity contribution >= 4 is 5.91 Å². The van der Waals surface area contributed by atoms with Gasteiger partial charge in [-0.15, -0.1) is 0 Å². The molecule has 1 amide bonds. The maximum atomic E-state index is 12.2. The molecule has 0 radical (unpaired) electrons. The number of rotatable bonds is 5. The number of amides is 1. The van der Waals surface area contributed by atoms with Crippen LogP contribution >= 0.6 is 0 Å². The highest BCUT2D eigenvalue weighted by Gasteiger charge is 2.23. The molecular weight excluding hydrogens is 238 g/mol. The van der Waals surface area contributed by atoms with E-state index in [-0.39, 0.29) is 12.0 Å². The fraction of sp³-hybridized carbons (Fsp3) is 0.562. The summed E-state index contributed by atoms with van der Waals surface area (Å²) >= 11 is 0. The molecule has 1 aliphatic heterocycles. The molecule has 0 aromatic heterocycles. The fourth-order valence-electron chi connectivity index (χ4n) is 2.59. The number of hydrogen-bond acceptors (Lipinski definition) is 2. The predicted molar refractivity (Wildman–Crippen MR) is 76.0 cm³/mol. The van der Waals surface area contributed by atoms with E-state index < -0.39 is 0 Å². The second-order valence-electron chi connectivity index (χ2n) is 5.04. The van der Waals surface area contributed by atoms with Gasteiger partial charge in [-0.1, -0.05) is 30.3 Å². The summed E-state index contributed by atoms with van der Waals surface area (Å²) in [6, 6.07) is 10.2. The Bertz CT molecular complexity index is 389. The van der Waals surface area contributed by atoms with Gasteiger partial charge in [0, 0.05) is 26.1 Å². The SMILES string of the molecule is CCOC1CCCN(C(=O)CCc2ccccc2)C1. The Morgan fingerprint density at radius 1 is 1.37 bits per heavy atom. The molecule has 2 rings (SSSR count). The van der Waals surface area contributed by atoms with E-state index >= 15 is 0 Å². The summed E-state index contributed by atoms with van der Waals surface area (Å²) < 4.78 is 5.63. The predicted octanol–water partition coefficient (Wildman–Crippen LogP) is 2.65. The van der Waals surface area contributed by atoms with Crippen molar-refractivity contribution < 1.29 is 9.53 Å². The summed E-state index contributed by atoms with van der Waals surface area (Å²) in [5.74, 6) is 0.258. The molecule has 0 saturated carbocycles. The molecule has 1 atom stereocenters. The third-order valence-electron chi connectivity index (χ3n) is 3.60. The number of ether oxygens (including phenoxy) is 1. The van der Waals surface area contributed by atoms with Crippen LogP contribution in [0.1, 0.15) is 31.7 Å². The van der Waals surface area contributed by atoms with Crippen molar-refractivity contribution in [3.8, 4) is 0 Å². The molecule has 1 heterocycles. The highest BCUT2D eigenvalue weighted by molar-refractivity contribution is 5.76. The maximum Gasteiger partial charge on any atom is 0.222 e. The summed E-state index contributed by atoms with van der Waals surface area (Å²) in [7, 11) is 0. The Morgan fingerprint density at radius 3 is 2.89 bits per heavy atom. The number of carbonyl (C=O) groups excluding carboxylic acids is 1. The first-order chi connectivity index (χ1) is 9.29. The highest BCUT2D eigenvalue weighted by atomic mass is 16.5. The van der Waals surface area contributed by atoms with Crippen LogP contribution in [0.3, 0.4) is 0 Å². The summed E-state index contributed by atoms with van der Waals surface area (Å²) in [5, 5.41) is 0. The van der Waals surface area contributed by atoms with Crippen molar-refractivity contribution in [2.75, 3.05) is 19.7 Å². The van der Waals surface area contributed by atoms with E-state index in [9.17, 15) is 4.79 Å². The van der Waals surface area contributed by atoms with Crippen LogP contribution < -0.4 is 0 Å². The third-order valence-corrected chi connectivity index (χ3v) is 3.60. The van der Waals surface area contributed by atoms with E-state index in [4.69, 9.17) is 4.74 Å². The van der Waals surface area contributed by atoms with Crippen LogP contribution in [0, 0.1) is 0 Å². The minimum atomic E-state index is 0.236. The number of piperidine rings is 1. The molecule has 1 unspecified atom stereocenters. The normalized spacial score (nSPS) is 19.4. The van der Waals surface area contributed by atoms with Gasteiger partial charge in [0.2, 0.25) is 5.91 Å². The summed E-state index contributed by atoms with van der Waals surface area (Å²) in [6.07, 6.45) is 3.80. The van der Waals surface area contributed by atoms with Crippen molar-refractivity contribution in [2.24, 2.45) is 0 Å². The van der Waals surface area contributed by atoms with Crippen LogP contribution in [0.15, 0.2) is 30.3 Å². The minimum Gasteiger partial charge on any atom is -0.377 e. The lowest BCUT2D eigenvalue weighted by Gasteiger charge is -2.32. The Morgan fingerprint density at radius 2 is 2.16 bits per heavy atom. The average molecular weight is 261 g/mol. The Hall–Kier alpha value is -1.35. The second kappa shape index (κ2) is 7.29. The summed E-state index contributed by atoms with van der Waals surface area (Å²) in [4.78, 5) is 14.2. The highest BCUT2D eigenvalue weighted by Crippen LogP contribution is 2.15. The smallest absolute Gasteiger partial charge is 0.222 e. The van der Waals surface area contributed by atoms with E-state index in [1.165, 1.54) is 5.56 Å². The Kier molecular flexibility index (Phi) is 5.40. The number of benzene rings is 1. The van der Waals surface area contributed by atoms with Crippen LogP contribution in [0.4, 0.5) is 0 Å². The van der Waals surface area contributed by atoms with Gasteiger partial charge in [-0.05, 0) is 31.7 Å². The lowest BCUT2D eigenvalue weighted by molar-refractivity contribution is -0.135. The first-order valence-electron chi connectivity index (χ1n) is 7.23. The maximum absolute atomic E-state index is 12.2. The van der Waals surface area contributed by atoms with Gasteiger partial charge in [-0.25, -0.2) is 0 Å². The van der Waals surface area contributed by atoms with E-state index in [1.54, 1.807) is 0 Å². The molecule has 1 aromatic rings. The van der Waals surface area contributed by atoms with E-state index in [0.29, 0.717) is 6.42 Å². The van der Waals surface area contributed by atoms with Crippen molar-refractivity contribution in [2.45, 2.75) is 38.7 Å². The first-order valence-corrected chi connectivity index (χ1v) is 7.23. The molecule has 3 nitrogen and oxygen atoms in total. The zero-order valence-corrected chi connectivity index (χ0v) is 11.7. The molecule has 0 N–H and O–H groups in total. The van der Waals surface area contributed by atoms with Crippen LogP contribution in [-0.2, 0) is 16.0 Å². The van der Waals surface area contributed by atoms with E-state index in [0.717, 1.165) is 39.0 Å². The molecule has 1 aliphatic rings. The van der Waals surface area contributed by atoms with Crippen molar-refractivity contribution in [1.82, 2.24) is 4.90 Å². The standard InChI is InChI=1S/C16H23NO2/c1-2-19-15-9-6-12-17(13-15)16(18)11-10-14-7-4-3-5-8-14/h3-5,7-8,15H,2,6,9-13H2,1H3. The fourth-order valence-corrected chi connectivity index (χ4v) is 2.59. The zero-order chi connectivity index (χ0) is 13.5. The monoisotopic (exact) mass is 261 g/mol. The van der Waals surface area contributed by atoms with Gasteiger partial charge in [-0.2, -0.15) is 0 Å². The van der Waals surface area contributed by atoms with E-state index in [1.807, 2.05) is 30.0 Å². The molecule has 19 heavy (non-hydrogen) atoms. The van der Waals surface area contributed by atoms with Crippen molar-refractivity contribution in [3.05, 3.63) is 35.9 Å². The molecular formula is C16H23NO2. The number of aryl methyl sites for hydroxylation is 1. The first kappa shape index (κ1) is 14.1. The molecule has 0 bridgehead atoms. The van der Waals surface area contributed by atoms with Gasteiger partial charge < -0.3 is 9.64 Å². The van der Waals surface area contributed by atoms with Crippen LogP contribution in [0.5, 0.6) is 0 Å². The number of likely N-dealkylation sites (tertiary alicyclic amines) is 1. The summed E-state index contributed by atoms with van der Waals surface area (Å²) in [5.41, 5.74) is 1.23. The minimum absolute atomic E-state index is 0.236. The van der Waals surface area contributed by atoms with Crippen LogP contribution in [0.25, 0.3) is 0 Å². The molecule has 1 fully saturated rings. The molecule has 1 saturated heterocycles. The Labute approximate surface area is 115 Å². The molecule has 104 valence electrons.